The Kier molecular flexibility index (Phi) is 3.31. The third-order valence-electron chi connectivity index (χ3n) is 2.14. The van der Waals surface area contributed by atoms with Crippen molar-refractivity contribution in [3.05, 3.63) is 23.4 Å². The zero-order chi connectivity index (χ0) is 8.97. The molecule has 68 valence electrons. The van der Waals surface area contributed by atoms with Crippen molar-refractivity contribution >= 4 is 0 Å². The van der Waals surface area contributed by atoms with Gasteiger partial charge in [0.2, 0.25) is 0 Å². The van der Waals surface area contributed by atoms with Gasteiger partial charge in [-0.2, -0.15) is 0 Å². The minimum absolute atomic E-state index is 0.0524. The first-order chi connectivity index (χ1) is 5.77. The van der Waals surface area contributed by atoms with Gasteiger partial charge >= 0.3 is 0 Å². The van der Waals surface area contributed by atoms with E-state index in [1.54, 1.807) is 0 Å². The van der Waals surface area contributed by atoms with Gasteiger partial charge in [0.15, 0.2) is 0 Å². The van der Waals surface area contributed by atoms with E-state index in [0.29, 0.717) is 6.42 Å². The molecule has 12 heavy (non-hydrogen) atoms. The van der Waals surface area contributed by atoms with Gasteiger partial charge < -0.3 is 15.9 Å². The lowest BCUT2D eigenvalue weighted by molar-refractivity contribution is 0.239. The number of allylic oxidation sites excluding steroid dienone is 2. The maximum Gasteiger partial charge on any atom is 0.0516 e. The molecule has 0 heterocycles. The molecule has 0 spiro atoms. The number of hydrogen-bond acceptors (Lipinski definition) is 3. The minimum Gasteiger partial charge on any atom is -0.402 e. The number of aliphatic hydroxyl groups excluding tert-OH is 2. The lowest BCUT2D eigenvalue weighted by Gasteiger charge is -2.19. The molecule has 0 aliphatic heterocycles. The highest BCUT2D eigenvalue weighted by Crippen LogP contribution is 2.23. The summed E-state index contributed by atoms with van der Waals surface area (Å²) in [5, 5.41) is 17.6. The van der Waals surface area contributed by atoms with Gasteiger partial charge in [0, 0.05) is 18.2 Å². The van der Waals surface area contributed by atoms with Crippen LogP contribution in [0.4, 0.5) is 0 Å². The molecule has 1 aliphatic carbocycles. The second-order valence-electron chi connectivity index (χ2n) is 3.05. The van der Waals surface area contributed by atoms with Crippen molar-refractivity contribution in [2.75, 3.05) is 13.2 Å². The lowest BCUT2D eigenvalue weighted by Crippen LogP contribution is -2.19. The van der Waals surface area contributed by atoms with Crippen LogP contribution in [0.2, 0.25) is 0 Å². The zero-order valence-electron chi connectivity index (χ0n) is 7.03. The molecule has 3 heteroatoms. The van der Waals surface area contributed by atoms with E-state index in [1.165, 1.54) is 0 Å². The van der Waals surface area contributed by atoms with E-state index in [9.17, 15) is 0 Å². The Morgan fingerprint density at radius 3 is 2.75 bits per heavy atom. The van der Waals surface area contributed by atoms with Crippen molar-refractivity contribution in [2.24, 2.45) is 11.7 Å². The van der Waals surface area contributed by atoms with Crippen molar-refractivity contribution in [3.63, 3.8) is 0 Å². The second-order valence-corrected chi connectivity index (χ2v) is 3.05. The van der Waals surface area contributed by atoms with E-state index in [4.69, 9.17) is 15.9 Å². The maximum absolute atomic E-state index is 8.94. The Balaban J connectivity index is 2.59. The van der Waals surface area contributed by atoms with Crippen molar-refractivity contribution in [1.82, 2.24) is 0 Å². The number of hydrogen-bond donors (Lipinski definition) is 3. The fraction of sp³-hybridized carbons (Fsp3) is 0.556. The van der Waals surface area contributed by atoms with Gasteiger partial charge in [0.25, 0.3) is 0 Å². The van der Waals surface area contributed by atoms with Gasteiger partial charge in [-0.25, -0.2) is 0 Å². The van der Waals surface area contributed by atoms with Gasteiger partial charge in [-0.3, -0.25) is 0 Å². The summed E-state index contributed by atoms with van der Waals surface area (Å²) >= 11 is 0. The van der Waals surface area contributed by atoms with Crippen LogP contribution in [0.5, 0.6) is 0 Å². The predicted octanol–water partition coefficient (Wildman–Crippen LogP) is 0.150. The van der Waals surface area contributed by atoms with E-state index < -0.39 is 0 Å². The monoisotopic (exact) mass is 169 g/mol. The molecule has 1 unspecified atom stereocenters. The first-order valence-electron chi connectivity index (χ1n) is 4.14. The average molecular weight is 169 g/mol. The molecule has 0 fully saturated rings. The molecule has 0 saturated heterocycles. The number of nitrogens with two attached hydrogens (primary N) is 1. The molecule has 4 N–H and O–H groups in total. The number of aliphatic hydroxyl groups is 2. The molecule has 0 bridgehead atoms. The standard InChI is InChI=1S/C9H15NO2/c10-9-2-1-7(3-4-11)5-8(9)6-12/h1-2,8,11-12H,3-6,10H2. The van der Waals surface area contributed by atoms with Crippen LogP contribution in [-0.2, 0) is 0 Å². The third kappa shape index (κ3) is 2.09. The van der Waals surface area contributed by atoms with Gasteiger partial charge in [0.05, 0.1) is 6.61 Å². The quantitative estimate of drug-likeness (QED) is 0.563. The Hall–Kier alpha value is -0.800. The molecular weight excluding hydrogens is 154 g/mol. The summed E-state index contributed by atoms with van der Waals surface area (Å²) < 4.78 is 0. The Morgan fingerprint density at radius 2 is 2.17 bits per heavy atom. The summed E-state index contributed by atoms with van der Waals surface area (Å²) in [6.07, 6.45) is 5.20. The Bertz CT molecular complexity index is 209. The highest BCUT2D eigenvalue weighted by Gasteiger charge is 2.15. The van der Waals surface area contributed by atoms with Crippen molar-refractivity contribution in [2.45, 2.75) is 12.8 Å². The van der Waals surface area contributed by atoms with E-state index in [-0.39, 0.29) is 19.1 Å². The lowest BCUT2D eigenvalue weighted by atomic mass is 9.91. The normalized spacial score (nSPS) is 23.3. The molecule has 0 aromatic carbocycles. The highest BCUT2D eigenvalue weighted by atomic mass is 16.3. The van der Waals surface area contributed by atoms with Crippen LogP contribution in [-0.4, -0.2) is 23.4 Å². The summed E-state index contributed by atoms with van der Waals surface area (Å²) in [6.45, 7) is 0.253. The van der Waals surface area contributed by atoms with E-state index >= 15 is 0 Å². The van der Waals surface area contributed by atoms with Crippen molar-refractivity contribution in [1.29, 1.82) is 0 Å². The summed E-state index contributed by atoms with van der Waals surface area (Å²) in [5.74, 6) is 0.0524. The SMILES string of the molecule is NC1=CC=C(CCO)CC1CO. The fourth-order valence-corrected chi connectivity index (χ4v) is 1.35. The molecule has 0 amide bonds. The van der Waals surface area contributed by atoms with Crippen LogP contribution in [0.25, 0.3) is 0 Å². The van der Waals surface area contributed by atoms with Crippen molar-refractivity contribution in [3.8, 4) is 0 Å². The van der Waals surface area contributed by atoms with Gasteiger partial charge in [-0.15, -0.1) is 0 Å². The van der Waals surface area contributed by atoms with Gasteiger partial charge in [-0.1, -0.05) is 11.6 Å². The largest absolute Gasteiger partial charge is 0.402 e. The van der Waals surface area contributed by atoms with Gasteiger partial charge in [0.1, 0.15) is 0 Å². The average Bonchev–Trinajstić information content (AvgIpc) is 2.09. The summed E-state index contributed by atoms with van der Waals surface area (Å²) in [7, 11) is 0. The molecule has 0 radical (unpaired) electrons. The fourth-order valence-electron chi connectivity index (χ4n) is 1.35. The topological polar surface area (TPSA) is 66.5 Å². The van der Waals surface area contributed by atoms with Crippen molar-refractivity contribution < 1.29 is 10.2 Å². The summed E-state index contributed by atoms with van der Waals surface area (Å²) in [4.78, 5) is 0. The van der Waals surface area contributed by atoms with Crippen LogP contribution in [0.1, 0.15) is 12.8 Å². The van der Waals surface area contributed by atoms with Crippen LogP contribution in [0.15, 0.2) is 23.4 Å². The van der Waals surface area contributed by atoms with E-state index in [0.717, 1.165) is 17.7 Å². The molecule has 1 aliphatic rings. The first-order valence-corrected chi connectivity index (χ1v) is 4.14. The summed E-state index contributed by atoms with van der Waals surface area (Å²) in [5.41, 5.74) is 7.54. The first kappa shape index (κ1) is 9.29. The third-order valence-corrected chi connectivity index (χ3v) is 2.14. The van der Waals surface area contributed by atoms with Gasteiger partial charge in [-0.05, 0) is 18.9 Å². The molecule has 0 aromatic rings. The van der Waals surface area contributed by atoms with Crippen LogP contribution >= 0.6 is 0 Å². The van der Waals surface area contributed by atoms with E-state index in [2.05, 4.69) is 0 Å². The zero-order valence-corrected chi connectivity index (χ0v) is 7.03. The predicted molar refractivity (Wildman–Crippen MR) is 47.2 cm³/mol. The minimum atomic E-state index is 0.0524. The molecule has 1 atom stereocenters. The summed E-state index contributed by atoms with van der Waals surface area (Å²) in [6, 6.07) is 0. The van der Waals surface area contributed by atoms with Crippen LogP contribution < -0.4 is 5.73 Å². The number of rotatable bonds is 3. The molecule has 0 saturated carbocycles. The highest BCUT2D eigenvalue weighted by molar-refractivity contribution is 5.24. The Morgan fingerprint density at radius 1 is 1.42 bits per heavy atom. The Labute approximate surface area is 72.2 Å². The molecular formula is C9H15NO2. The van der Waals surface area contributed by atoms with Crippen LogP contribution in [0, 0.1) is 5.92 Å². The maximum atomic E-state index is 8.94. The molecule has 3 nitrogen and oxygen atoms in total. The second kappa shape index (κ2) is 4.28. The van der Waals surface area contributed by atoms with Crippen LogP contribution in [0.3, 0.4) is 0 Å². The van der Waals surface area contributed by atoms with E-state index in [1.807, 2.05) is 12.2 Å². The smallest absolute Gasteiger partial charge is 0.0516 e. The molecule has 1 rings (SSSR count). The molecule has 0 aromatic heterocycles.